The van der Waals surface area contributed by atoms with Gasteiger partial charge in [-0.3, -0.25) is 9.59 Å². The zero-order valence-electron chi connectivity index (χ0n) is 10.7. The maximum atomic E-state index is 12.0. The lowest BCUT2D eigenvalue weighted by atomic mass is 9.93. The predicted octanol–water partition coefficient (Wildman–Crippen LogP) is 0.361. The third kappa shape index (κ3) is 2.89. The van der Waals surface area contributed by atoms with E-state index in [9.17, 15) is 9.59 Å². The molecule has 1 aromatic heterocycles. The molecule has 0 unspecified atom stereocenters. The van der Waals surface area contributed by atoms with Gasteiger partial charge in [0.25, 0.3) is 5.91 Å². The van der Waals surface area contributed by atoms with Gasteiger partial charge in [0.2, 0.25) is 5.91 Å². The molecule has 0 aliphatic rings. The van der Waals surface area contributed by atoms with E-state index < -0.39 is 11.4 Å². The summed E-state index contributed by atoms with van der Waals surface area (Å²) in [6.07, 6.45) is 2.91. The normalized spacial score (nSPS) is 11.3. The first kappa shape index (κ1) is 14.2. The summed E-state index contributed by atoms with van der Waals surface area (Å²) in [7, 11) is 0. The summed E-state index contributed by atoms with van der Waals surface area (Å²) in [5.41, 5.74) is 11.0. The first-order valence-corrected chi connectivity index (χ1v) is 5.98. The third-order valence-electron chi connectivity index (χ3n) is 3.34. The number of hydrogen-bond acceptors (Lipinski definition) is 3. The Bertz CT molecular complexity index is 427. The molecule has 0 aromatic carbocycles. The summed E-state index contributed by atoms with van der Waals surface area (Å²) in [5, 5.41) is 2.90. The molecule has 6 heteroatoms. The van der Waals surface area contributed by atoms with Gasteiger partial charge in [0.05, 0.1) is 11.1 Å². The highest BCUT2D eigenvalue weighted by molar-refractivity contribution is 5.98. The molecule has 1 rings (SSSR count). The summed E-state index contributed by atoms with van der Waals surface area (Å²) in [5.74, 6) is -0.849. The van der Waals surface area contributed by atoms with E-state index in [1.54, 1.807) is 0 Å². The zero-order valence-corrected chi connectivity index (χ0v) is 10.7. The lowest BCUT2D eigenvalue weighted by molar-refractivity contribution is 0.0890. The van der Waals surface area contributed by atoms with Gasteiger partial charge in [-0.25, -0.2) is 0 Å². The minimum absolute atomic E-state index is 0.281. The van der Waals surface area contributed by atoms with Crippen molar-refractivity contribution in [1.29, 1.82) is 0 Å². The van der Waals surface area contributed by atoms with Crippen LogP contribution in [0.5, 0.6) is 0 Å². The number of H-pyrrole nitrogens is 1. The zero-order chi connectivity index (χ0) is 13.8. The quantitative estimate of drug-likeness (QED) is 0.586. The van der Waals surface area contributed by atoms with Gasteiger partial charge in [-0.15, -0.1) is 0 Å². The molecule has 0 saturated carbocycles. The van der Waals surface area contributed by atoms with Gasteiger partial charge < -0.3 is 21.8 Å². The van der Waals surface area contributed by atoms with E-state index in [4.69, 9.17) is 11.5 Å². The number of nitrogens with one attached hydrogen (secondary N) is 2. The number of nitrogens with two attached hydrogens (primary N) is 2. The number of carbonyl (C=O) groups excluding carboxylic acids is 2. The van der Waals surface area contributed by atoms with Gasteiger partial charge in [-0.05, 0) is 18.9 Å². The molecule has 0 fully saturated rings. The van der Waals surface area contributed by atoms with Crippen molar-refractivity contribution in [3.8, 4) is 0 Å². The summed E-state index contributed by atoms with van der Waals surface area (Å²) in [4.78, 5) is 25.7. The fourth-order valence-electron chi connectivity index (χ4n) is 1.74. The first-order valence-electron chi connectivity index (χ1n) is 5.98. The molecule has 0 aliphatic carbocycles. The summed E-state index contributed by atoms with van der Waals surface area (Å²) < 4.78 is 0. The van der Waals surface area contributed by atoms with Crippen LogP contribution in [0.2, 0.25) is 0 Å². The summed E-state index contributed by atoms with van der Waals surface area (Å²) >= 11 is 0. The first-order chi connectivity index (χ1) is 8.48. The molecule has 1 heterocycles. The van der Waals surface area contributed by atoms with Crippen LogP contribution in [-0.2, 0) is 0 Å². The van der Waals surface area contributed by atoms with Crippen LogP contribution in [0.25, 0.3) is 0 Å². The number of primary amides is 1. The van der Waals surface area contributed by atoms with E-state index in [-0.39, 0.29) is 11.5 Å². The highest BCUT2D eigenvalue weighted by Crippen LogP contribution is 2.14. The number of amides is 2. The van der Waals surface area contributed by atoms with Crippen LogP contribution in [0.1, 0.15) is 47.5 Å². The maximum Gasteiger partial charge on any atom is 0.268 e. The molecule has 6 N–H and O–H groups in total. The fraction of sp³-hybridized carbons (Fsp3) is 0.500. The molecule has 0 saturated heterocycles. The van der Waals surface area contributed by atoms with Crippen LogP contribution in [-0.4, -0.2) is 28.9 Å². The second-order valence-corrected chi connectivity index (χ2v) is 4.31. The summed E-state index contributed by atoms with van der Waals surface area (Å²) in [6.45, 7) is 4.31. The van der Waals surface area contributed by atoms with Gasteiger partial charge in [0.15, 0.2) is 0 Å². The minimum atomic E-state index is -0.568. The van der Waals surface area contributed by atoms with E-state index in [2.05, 4.69) is 10.3 Å². The van der Waals surface area contributed by atoms with Crippen molar-refractivity contribution in [2.45, 2.75) is 32.2 Å². The highest BCUT2D eigenvalue weighted by atomic mass is 16.2. The molecule has 2 amide bonds. The largest absolute Gasteiger partial charge is 0.366 e. The van der Waals surface area contributed by atoms with Crippen molar-refractivity contribution in [1.82, 2.24) is 10.3 Å². The molecular weight excluding hydrogens is 232 g/mol. The molecule has 100 valence electrons. The van der Waals surface area contributed by atoms with Gasteiger partial charge in [-0.1, -0.05) is 13.8 Å². The van der Waals surface area contributed by atoms with Crippen LogP contribution < -0.4 is 16.8 Å². The monoisotopic (exact) mass is 252 g/mol. The molecule has 0 atom stereocenters. The van der Waals surface area contributed by atoms with Crippen molar-refractivity contribution in [2.75, 3.05) is 6.54 Å². The van der Waals surface area contributed by atoms with Gasteiger partial charge in [-0.2, -0.15) is 0 Å². The Morgan fingerprint density at radius 1 is 1.39 bits per heavy atom. The Balaban J connectivity index is 2.84. The van der Waals surface area contributed by atoms with E-state index in [0.29, 0.717) is 12.2 Å². The molecule has 1 aromatic rings. The van der Waals surface area contributed by atoms with Crippen LogP contribution in [0.15, 0.2) is 12.3 Å². The number of aromatic amines is 1. The SMILES string of the molecule is CCC(CC)(CN)NC(=O)c1cc(C(N)=O)c[nH]1. The van der Waals surface area contributed by atoms with E-state index in [0.717, 1.165) is 12.8 Å². The average molecular weight is 252 g/mol. The fourth-order valence-corrected chi connectivity index (χ4v) is 1.74. The molecule has 0 aliphatic heterocycles. The Labute approximate surface area is 106 Å². The van der Waals surface area contributed by atoms with E-state index in [1.807, 2.05) is 13.8 Å². The van der Waals surface area contributed by atoms with Gasteiger partial charge in [0.1, 0.15) is 5.69 Å². The van der Waals surface area contributed by atoms with Crippen LogP contribution in [0.4, 0.5) is 0 Å². The second-order valence-electron chi connectivity index (χ2n) is 4.31. The smallest absolute Gasteiger partial charge is 0.268 e. The van der Waals surface area contributed by atoms with E-state index in [1.165, 1.54) is 12.3 Å². The maximum absolute atomic E-state index is 12.0. The predicted molar refractivity (Wildman–Crippen MR) is 69.1 cm³/mol. The van der Waals surface area contributed by atoms with E-state index >= 15 is 0 Å². The van der Waals surface area contributed by atoms with Crippen molar-refractivity contribution in [2.24, 2.45) is 11.5 Å². The Morgan fingerprint density at radius 2 is 2.00 bits per heavy atom. The molecule has 0 radical (unpaired) electrons. The van der Waals surface area contributed by atoms with Crippen molar-refractivity contribution < 1.29 is 9.59 Å². The Kier molecular flexibility index (Phi) is 4.49. The molecule has 6 nitrogen and oxygen atoms in total. The van der Waals surface area contributed by atoms with Crippen molar-refractivity contribution in [3.05, 3.63) is 23.5 Å². The Hall–Kier alpha value is -1.82. The topological polar surface area (TPSA) is 114 Å². The van der Waals surface area contributed by atoms with Crippen molar-refractivity contribution in [3.63, 3.8) is 0 Å². The lowest BCUT2D eigenvalue weighted by Crippen LogP contribution is -2.52. The number of rotatable bonds is 6. The minimum Gasteiger partial charge on any atom is -0.366 e. The van der Waals surface area contributed by atoms with Gasteiger partial charge in [0, 0.05) is 12.7 Å². The van der Waals surface area contributed by atoms with Crippen LogP contribution >= 0.6 is 0 Å². The standard InChI is InChI=1S/C12H20N4O2/c1-3-12(4-2,7-13)16-11(18)9-5-8(6-15-9)10(14)17/h5-6,15H,3-4,7,13H2,1-2H3,(H2,14,17)(H,16,18). The molecule has 18 heavy (non-hydrogen) atoms. The van der Waals surface area contributed by atoms with Crippen LogP contribution in [0.3, 0.4) is 0 Å². The molecular formula is C12H20N4O2. The van der Waals surface area contributed by atoms with Crippen molar-refractivity contribution >= 4 is 11.8 Å². The second kappa shape index (κ2) is 5.68. The average Bonchev–Trinajstić information content (AvgIpc) is 2.86. The lowest BCUT2D eigenvalue weighted by Gasteiger charge is -2.31. The summed E-state index contributed by atoms with van der Waals surface area (Å²) in [6, 6.07) is 1.43. The van der Waals surface area contributed by atoms with Gasteiger partial charge >= 0.3 is 0 Å². The highest BCUT2D eigenvalue weighted by Gasteiger charge is 2.27. The third-order valence-corrected chi connectivity index (χ3v) is 3.34. The van der Waals surface area contributed by atoms with Crippen LogP contribution in [0, 0.1) is 0 Å². The Morgan fingerprint density at radius 3 is 2.39 bits per heavy atom. The number of carbonyl (C=O) groups is 2. The number of aromatic nitrogens is 1. The molecule has 0 spiro atoms. The number of hydrogen-bond donors (Lipinski definition) is 4. The molecule has 0 bridgehead atoms.